The second kappa shape index (κ2) is 11.6. The number of hydrogen-bond donors (Lipinski definition) is 1. The standard InChI is InChI=1S/C21H29BO8/c1-4-6-11-27-21(25)29-14(3)28-20(24)18-10-7-9-15-12-16(13-17(23)8-5-2)22(26)30-19(15)18/h7,9-10,14,16,26H,4-6,8,11-13H2,1-3H3/t14?,16-/m1/s1. The molecule has 0 radical (unpaired) electrons. The van der Waals surface area contributed by atoms with Gasteiger partial charge in [0.1, 0.15) is 17.1 Å². The van der Waals surface area contributed by atoms with E-state index in [4.69, 9.17) is 18.9 Å². The molecule has 0 saturated heterocycles. The van der Waals surface area contributed by atoms with Crippen LogP contribution in [0.2, 0.25) is 5.82 Å². The number of Topliss-reactive ketones (excluding diaryl/α,β-unsaturated/α-hetero) is 1. The Kier molecular flexibility index (Phi) is 9.17. The van der Waals surface area contributed by atoms with E-state index in [1.165, 1.54) is 13.0 Å². The van der Waals surface area contributed by atoms with E-state index in [0.717, 1.165) is 12.8 Å². The van der Waals surface area contributed by atoms with Crippen LogP contribution in [0, 0.1) is 0 Å². The lowest BCUT2D eigenvalue weighted by atomic mass is 9.64. The number of rotatable bonds is 10. The van der Waals surface area contributed by atoms with Gasteiger partial charge in [0.05, 0.1) is 6.61 Å². The third-order valence-corrected chi connectivity index (χ3v) is 4.71. The van der Waals surface area contributed by atoms with Gasteiger partial charge in [0, 0.05) is 25.6 Å². The molecule has 0 saturated carbocycles. The number of esters is 1. The van der Waals surface area contributed by atoms with Crippen molar-refractivity contribution in [2.45, 2.75) is 71.4 Å². The first-order valence-electron chi connectivity index (χ1n) is 10.4. The molecule has 1 aromatic rings. The zero-order valence-corrected chi connectivity index (χ0v) is 17.7. The van der Waals surface area contributed by atoms with Crippen molar-refractivity contribution in [3.05, 3.63) is 29.3 Å². The van der Waals surface area contributed by atoms with E-state index in [2.05, 4.69) is 0 Å². The monoisotopic (exact) mass is 420 g/mol. The Labute approximate surface area is 177 Å². The van der Waals surface area contributed by atoms with E-state index in [1.807, 2.05) is 13.8 Å². The summed E-state index contributed by atoms with van der Waals surface area (Å²) in [7, 11) is -1.20. The molecular weight excluding hydrogens is 391 g/mol. The number of unbranched alkanes of at least 4 members (excludes halogenated alkanes) is 1. The van der Waals surface area contributed by atoms with Gasteiger partial charge in [0.25, 0.3) is 0 Å². The SMILES string of the molecule is CCCCOC(=O)OC(C)OC(=O)c1cccc2c1OB(O)[C@@H](CC(=O)CCC)C2. The molecule has 0 aromatic heterocycles. The minimum Gasteiger partial charge on any atom is -0.535 e. The molecule has 2 rings (SSSR count). The summed E-state index contributed by atoms with van der Waals surface area (Å²) in [4.78, 5) is 36.1. The van der Waals surface area contributed by atoms with Gasteiger partial charge in [-0.3, -0.25) is 4.79 Å². The van der Waals surface area contributed by atoms with E-state index in [1.54, 1.807) is 12.1 Å². The molecule has 0 fully saturated rings. The van der Waals surface area contributed by atoms with Crippen LogP contribution in [0.1, 0.15) is 68.8 Å². The van der Waals surface area contributed by atoms with Crippen LogP contribution in [-0.2, 0) is 25.4 Å². The highest BCUT2D eigenvalue weighted by molar-refractivity contribution is 6.47. The number of ketones is 1. The highest BCUT2D eigenvalue weighted by atomic mass is 16.8. The minimum absolute atomic E-state index is 0.0703. The van der Waals surface area contributed by atoms with E-state index in [-0.39, 0.29) is 35.9 Å². The van der Waals surface area contributed by atoms with Crippen molar-refractivity contribution < 1.29 is 38.3 Å². The van der Waals surface area contributed by atoms with E-state index in [9.17, 15) is 19.4 Å². The summed E-state index contributed by atoms with van der Waals surface area (Å²) in [6.07, 6.45) is 1.35. The van der Waals surface area contributed by atoms with Gasteiger partial charge in [-0.2, -0.15) is 0 Å². The van der Waals surface area contributed by atoms with Crippen LogP contribution < -0.4 is 4.65 Å². The van der Waals surface area contributed by atoms with Gasteiger partial charge in [-0.05, 0) is 30.9 Å². The fourth-order valence-corrected chi connectivity index (χ4v) is 3.20. The second-order valence-electron chi connectivity index (χ2n) is 7.30. The number of carbonyl (C=O) groups is 3. The third kappa shape index (κ3) is 6.76. The van der Waals surface area contributed by atoms with Crippen molar-refractivity contribution in [2.75, 3.05) is 6.61 Å². The molecule has 1 aliphatic rings. The summed E-state index contributed by atoms with van der Waals surface area (Å²) in [5.74, 6) is -0.843. The second-order valence-corrected chi connectivity index (χ2v) is 7.30. The van der Waals surface area contributed by atoms with E-state index in [0.29, 0.717) is 24.8 Å². The molecular formula is C21H29BO8. The molecule has 1 aliphatic heterocycles. The van der Waals surface area contributed by atoms with Crippen LogP contribution in [-0.4, -0.2) is 42.9 Å². The van der Waals surface area contributed by atoms with Gasteiger partial charge in [-0.15, -0.1) is 0 Å². The van der Waals surface area contributed by atoms with Crippen molar-refractivity contribution >= 4 is 25.0 Å². The van der Waals surface area contributed by atoms with Crippen LogP contribution in [0.4, 0.5) is 4.79 Å². The van der Waals surface area contributed by atoms with Gasteiger partial charge in [0.15, 0.2) is 0 Å². The molecule has 8 nitrogen and oxygen atoms in total. The van der Waals surface area contributed by atoms with Crippen molar-refractivity contribution in [1.82, 2.24) is 0 Å². The van der Waals surface area contributed by atoms with E-state index >= 15 is 0 Å². The van der Waals surface area contributed by atoms with Crippen LogP contribution in [0.3, 0.4) is 0 Å². The molecule has 0 spiro atoms. The number of carbonyl (C=O) groups excluding carboxylic acids is 3. The fourth-order valence-electron chi connectivity index (χ4n) is 3.20. The van der Waals surface area contributed by atoms with Crippen LogP contribution in [0.5, 0.6) is 5.75 Å². The summed E-state index contributed by atoms with van der Waals surface area (Å²) in [5, 5.41) is 10.3. The minimum atomic E-state index is -1.20. The Hall–Kier alpha value is -2.55. The molecule has 2 atom stereocenters. The molecule has 0 aliphatic carbocycles. The predicted molar refractivity (Wildman–Crippen MR) is 109 cm³/mol. The Morgan fingerprint density at radius 2 is 2.00 bits per heavy atom. The summed E-state index contributed by atoms with van der Waals surface area (Å²) in [6, 6.07) is 4.95. The molecule has 0 amide bonds. The quantitative estimate of drug-likeness (QED) is 0.264. The van der Waals surface area contributed by atoms with Crippen LogP contribution >= 0.6 is 0 Å². The van der Waals surface area contributed by atoms with Gasteiger partial charge in [-0.1, -0.05) is 32.4 Å². The number of fused-ring (bicyclic) bond motifs is 1. The average molecular weight is 420 g/mol. The predicted octanol–water partition coefficient (Wildman–Crippen LogP) is 3.69. The number of para-hydroxylation sites is 1. The summed E-state index contributed by atoms with van der Waals surface area (Å²) in [6.45, 7) is 5.52. The van der Waals surface area contributed by atoms with Crippen molar-refractivity contribution in [3.8, 4) is 5.75 Å². The van der Waals surface area contributed by atoms with Crippen LogP contribution in [0.15, 0.2) is 18.2 Å². The molecule has 30 heavy (non-hydrogen) atoms. The molecule has 0 bridgehead atoms. The lowest BCUT2D eigenvalue weighted by molar-refractivity contribution is -0.119. The maximum absolute atomic E-state index is 12.5. The van der Waals surface area contributed by atoms with Crippen molar-refractivity contribution in [1.29, 1.82) is 0 Å². The zero-order chi connectivity index (χ0) is 22.1. The normalized spacial score (nSPS) is 16.1. The van der Waals surface area contributed by atoms with E-state index < -0.39 is 25.5 Å². The number of hydrogen-bond acceptors (Lipinski definition) is 8. The largest absolute Gasteiger partial charge is 0.535 e. The maximum Gasteiger partial charge on any atom is 0.526 e. The van der Waals surface area contributed by atoms with Crippen LogP contribution in [0.25, 0.3) is 0 Å². The Morgan fingerprint density at radius 3 is 2.70 bits per heavy atom. The number of benzene rings is 1. The summed E-state index contributed by atoms with van der Waals surface area (Å²) >= 11 is 0. The Bertz CT molecular complexity index is 751. The fraction of sp³-hybridized carbons (Fsp3) is 0.571. The molecule has 1 aromatic carbocycles. The number of ether oxygens (including phenoxy) is 3. The highest BCUT2D eigenvalue weighted by Gasteiger charge is 2.38. The first-order chi connectivity index (χ1) is 14.3. The molecule has 9 heteroatoms. The Morgan fingerprint density at radius 1 is 1.23 bits per heavy atom. The lowest BCUT2D eigenvalue weighted by Crippen LogP contribution is -2.36. The lowest BCUT2D eigenvalue weighted by Gasteiger charge is -2.28. The van der Waals surface area contributed by atoms with Crippen molar-refractivity contribution in [2.24, 2.45) is 0 Å². The molecule has 1 unspecified atom stereocenters. The van der Waals surface area contributed by atoms with Crippen molar-refractivity contribution in [3.63, 3.8) is 0 Å². The first kappa shape index (κ1) is 23.7. The summed E-state index contributed by atoms with van der Waals surface area (Å²) < 4.78 is 20.5. The van der Waals surface area contributed by atoms with Gasteiger partial charge in [0.2, 0.25) is 6.29 Å². The molecule has 1 heterocycles. The first-order valence-corrected chi connectivity index (χ1v) is 10.4. The topological polar surface area (TPSA) is 108 Å². The van der Waals surface area contributed by atoms with Gasteiger partial charge in [-0.25, -0.2) is 9.59 Å². The maximum atomic E-state index is 12.5. The summed E-state index contributed by atoms with van der Waals surface area (Å²) in [5.41, 5.74) is 0.816. The molecule has 164 valence electrons. The van der Waals surface area contributed by atoms with Gasteiger partial charge < -0.3 is 23.9 Å². The average Bonchev–Trinajstić information content (AvgIpc) is 2.68. The van der Waals surface area contributed by atoms with Gasteiger partial charge >= 0.3 is 19.2 Å². The highest BCUT2D eigenvalue weighted by Crippen LogP contribution is 2.36. The molecule has 1 N–H and O–H groups in total. The third-order valence-electron chi connectivity index (χ3n) is 4.71. The Balaban J connectivity index is 2.00. The zero-order valence-electron chi connectivity index (χ0n) is 17.7. The smallest absolute Gasteiger partial charge is 0.526 e.